The summed E-state index contributed by atoms with van der Waals surface area (Å²) < 4.78 is 0. The molecule has 0 radical (unpaired) electrons. The number of likely N-dealkylation sites (N-methyl/N-ethyl adjacent to an activating group) is 1. The molecule has 3 N–H and O–H groups in total. The zero-order valence-corrected chi connectivity index (χ0v) is 13.5. The van der Waals surface area contributed by atoms with Crippen LogP contribution in [0.15, 0.2) is 18.2 Å². The number of aryl methyl sites for hydroxylation is 1. The lowest BCUT2D eigenvalue weighted by Crippen LogP contribution is -2.56. The fraction of sp³-hybridized carbons (Fsp3) is 0.588. The van der Waals surface area contributed by atoms with Gasteiger partial charge in [-0.25, -0.2) is 0 Å². The lowest BCUT2D eigenvalue weighted by atomic mass is 10.0. The monoisotopic (exact) mass is 303 g/mol. The van der Waals surface area contributed by atoms with Crippen LogP contribution >= 0.6 is 0 Å². The molecule has 3 rings (SSSR count). The number of aliphatic hydroxyl groups excluding tert-OH is 1. The Kier molecular flexibility index (Phi) is 4.10. The number of hydrogen-bond donors (Lipinski definition) is 3. The Hall–Kier alpha value is -1.59. The summed E-state index contributed by atoms with van der Waals surface area (Å²) in [6.45, 7) is 4.16. The van der Waals surface area contributed by atoms with Crippen LogP contribution < -0.4 is 15.5 Å². The minimum Gasteiger partial charge on any atom is -0.372 e. The van der Waals surface area contributed by atoms with E-state index in [4.69, 9.17) is 0 Å². The van der Waals surface area contributed by atoms with Crippen molar-refractivity contribution in [2.24, 2.45) is 0 Å². The van der Waals surface area contributed by atoms with Gasteiger partial charge >= 0.3 is 0 Å². The van der Waals surface area contributed by atoms with Crippen molar-refractivity contribution in [3.63, 3.8) is 0 Å². The van der Waals surface area contributed by atoms with E-state index in [9.17, 15) is 9.90 Å². The van der Waals surface area contributed by atoms with Gasteiger partial charge in [0.15, 0.2) is 0 Å². The van der Waals surface area contributed by atoms with Gasteiger partial charge < -0.3 is 20.6 Å². The van der Waals surface area contributed by atoms with Gasteiger partial charge in [0.05, 0.1) is 6.04 Å². The molecule has 1 aromatic rings. The standard InChI is InChI=1S/C17H25N3O2/c1-10(2)19-13-8-7-11-5-4-6-12-9-14(16(21)18-3)20(15(11)12)17(13)22/h4-6,10,13-14,17,19,22H,7-9H2,1-3H3,(H,18,21)/t13-,14-,17?/m1/s1. The van der Waals surface area contributed by atoms with E-state index in [1.807, 2.05) is 4.90 Å². The third kappa shape index (κ3) is 2.48. The van der Waals surface area contributed by atoms with E-state index in [-0.39, 0.29) is 18.0 Å². The number of nitrogens with one attached hydrogen (secondary N) is 2. The first-order valence-corrected chi connectivity index (χ1v) is 8.07. The first kappa shape index (κ1) is 15.3. The Balaban J connectivity index is 2.01. The van der Waals surface area contributed by atoms with Crippen molar-refractivity contribution in [2.75, 3.05) is 11.9 Å². The van der Waals surface area contributed by atoms with E-state index >= 15 is 0 Å². The van der Waals surface area contributed by atoms with E-state index in [1.165, 1.54) is 5.56 Å². The topological polar surface area (TPSA) is 64.6 Å². The number of amides is 1. The van der Waals surface area contributed by atoms with Crippen LogP contribution in [0.2, 0.25) is 0 Å². The minimum absolute atomic E-state index is 0.0357. The highest BCUT2D eigenvalue weighted by atomic mass is 16.3. The molecule has 120 valence electrons. The van der Waals surface area contributed by atoms with Crippen molar-refractivity contribution in [1.82, 2.24) is 10.6 Å². The number of hydrogen-bond acceptors (Lipinski definition) is 4. The van der Waals surface area contributed by atoms with Crippen LogP contribution in [0.1, 0.15) is 31.4 Å². The molecular formula is C17H25N3O2. The number of anilines is 1. The number of carbonyl (C=O) groups excluding carboxylic acids is 1. The Morgan fingerprint density at radius 3 is 2.77 bits per heavy atom. The molecule has 3 atom stereocenters. The summed E-state index contributed by atoms with van der Waals surface area (Å²) in [4.78, 5) is 14.2. The van der Waals surface area contributed by atoms with Crippen molar-refractivity contribution < 1.29 is 9.90 Å². The van der Waals surface area contributed by atoms with E-state index in [0.717, 1.165) is 24.1 Å². The molecule has 0 bridgehead atoms. The van der Waals surface area contributed by atoms with E-state index in [0.29, 0.717) is 12.5 Å². The minimum atomic E-state index is -0.686. The number of nitrogens with zero attached hydrogens (tertiary/aromatic N) is 1. The molecule has 5 heteroatoms. The summed E-state index contributed by atoms with van der Waals surface area (Å²) in [5, 5.41) is 17.1. The lowest BCUT2D eigenvalue weighted by molar-refractivity contribution is -0.122. The van der Waals surface area contributed by atoms with E-state index < -0.39 is 6.23 Å². The fourth-order valence-electron chi connectivity index (χ4n) is 3.76. The second-order valence-corrected chi connectivity index (χ2v) is 6.55. The summed E-state index contributed by atoms with van der Waals surface area (Å²) in [6.07, 6.45) is 1.76. The Morgan fingerprint density at radius 1 is 1.36 bits per heavy atom. The van der Waals surface area contributed by atoms with Gasteiger partial charge in [0.2, 0.25) is 5.91 Å². The van der Waals surface area contributed by atoms with Crippen molar-refractivity contribution in [3.05, 3.63) is 29.3 Å². The fourth-order valence-corrected chi connectivity index (χ4v) is 3.76. The van der Waals surface area contributed by atoms with Crippen molar-refractivity contribution in [3.8, 4) is 0 Å². The van der Waals surface area contributed by atoms with Crippen molar-refractivity contribution in [2.45, 2.75) is 57.5 Å². The van der Waals surface area contributed by atoms with Crippen LogP contribution in [0.5, 0.6) is 0 Å². The second kappa shape index (κ2) is 5.89. The first-order chi connectivity index (χ1) is 10.5. The normalized spacial score (nSPS) is 26.8. The van der Waals surface area contributed by atoms with Gasteiger partial charge in [-0.1, -0.05) is 32.0 Å². The quantitative estimate of drug-likeness (QED) is 0.773. The Morgan fingerprint density at radius 2 is 2.09 bits per heavy atom. The SMILES string of the molecule is CNC(=O)[C@H]1Cc2cccc3c2N1C(O)[C@H](NC(C)C)CC3. The maximum atomic E-state index is 12.3. The van der Waals surface area contributed by atoms with Crippen LogP contribution in [0.3, 0.4) is 0 Å². The second-order valence-electron chi connectivity index (χ2n) is 6.55. The predicted octanol–water partition coefficient (Wildman–Crippen LogP) is 0.795. The van der Waals surface area contributed by atoms with Crippen molar-refractivity contribution in [1.29, 1.82) is 0 Å². The zero-order chi connectivity index (χ0) is 15.9. The molecule has 22 heavy (non-hydrogen) atoms. The number of para-hydroxylation sites is 1. The first-order valence-electron chi connectivity index (χ1n) is 8.07. The molecule has 0 aliphatic carbocycles. The van der Waals surface area contributed by atoms with Crippen LogP contribution in [-0.2, 0) is 17.6 Å². The predicted molar refractivity (Wildman–Crippen MR) is 86.9 cm³/mol. The molecule has 0 spiro atoms. The highest BCUT2D eigenvalue weighted by Crippen LogP contribution is 2.40. The molecule has 0 saturated carbocycles. The molecular weight excluding hydrogens is 278 g/mol. The van der Waals surface area contributed by atoms with Crippen molar-refractivity contribution >= 4 is 11.6 Å². The lowest BCUT2D eigenvalue weighted by Gasteiger charge is -2.35. The van der Waals surface area contributed by atoms with Crippen LogP contribution in [0, 0.1) is 0 Å². The third-order valence-electron chi connectivity index (χ3n) is 4.68. The van der Waals surface area contributed by atoms with Gasteiger partial charge in [0, 0.05) is 25.2 Å². The Bertz CT molecular complexity index is 573. The number of rotatable bonds is 3. The molecule has 0 fully saturated rings. The summed E-state index contributed by atoms with van der Waals surface area (Å²) in [5.41, 5.74) is 3.46. The molecule has 1 unspecified atom stereocenters. The maximum Gasteiger partial charge on any atom is 0.242 e. The molecule has 2 aliphatic rings. The third-order valence-corrected chi connectivity index (χ3v) is 4.68. The molecule has 0 saturated heterocycles. The smallest absolute Gasteiger partial charge is 0.242 e. The maximum absolute atomic E-state index is 12.3. The van der Waals surface area contributed by atoms with Gasteiger partial charge in [-0.05, 0) is 24.0 Å². The average Bonchev–Trinajstić information content (AvgIpc) is 2.83. The zero-order valence-electron chi connectivity index (χ0n) is 13.5. The summed E-state index contributed by atoms with van der Waals surface area (Å²) >= 11 is 0. The molecule has 2 aliphatic heterocycles. The number of benzene rings is 1. The summed E-state index contributed by atoms with van der Waals surface area (Å²) in [6, 6.07) is 6.17. The molecule has 1 aromatic carbocycles. The van der Waals surface area contributed by atoms with Gasteiger partial charge in [0.1, 0.15) is 12.3 Å². The highest BCUT2D eigenvalue weighted by molar-refractivity contribution is 5.89. The number of carbonyl (C=O) groups is 1. The molecule has 2 heterocycles. The van der Waals surface area contributed by atoms with Gasteiger partial charge in [-0.3, -0.25) is 4.79 Å². The average molecular weight is 303 g/mol. The van der Waals surface area contributed by atoms with Crippen LogP contribution in [0.25, 0.3) is 0 Å². The van der Waals surface area contributed by atoms with E-state index in [1.54, 1.807) is 7.05 Å². The van der Waals surface area contributed by atoms with Gasteiger partial charge in [-0.2, -0.15) is 0 Å². The molecule has 1 amide bonds. The van der Waals surface area contributed by atoms with Gasteiger partial charge in [0.25, 0.3) is 0 Å². The Labute approximate surface area is 131 Å². The largest absolute Gasteiger partial charge is 0.372 e. The number of aliphatic hydroxyl groups is 1. The summed E-state index contributed by atoms with van der Waals surface area (Å²) in [7, 11) is 1.65. The summed E-state index contributed by atoms with van der Waals surface area (Å²) in [5.74, 6) is -0.0357. The van der Waals surface area contributed by atoms with Gasteiger partial charge in [-0.15, -0.1) is 0 Å². The van der Waals surface area contributed by atoms with E-state index in [2.05, 4.69) is 42.7 Å². The van der Waals surface area contributed by atoms with Crippen LogP contribution in [0.4, 0.5) is 5.69 Å². The molecule has 5 nitrogen and oxygen atoms in total. The van der Waals surface area contributed by atoms with Crippen LogP contribution in [-0.4, -0.2) is 42.4 Å². The highest BCUT2D eigenvalue weighted by Gasteiger charge is 2.43. The molecule has 0 aromatic heterocycles.